The van der Waals surface area contributed by atoms with Gasteiger partial charge in [0, 0.05) is 5.56 Å². The summed E-state index contributed by atoms with van der Waals surface area (Å²) in [5.41, 5.74) is -0.815. The molecule has 0 bridgehead atoms. The van der Waals surface area contributed by atoms with Gasteiger partial charge in [-0.25, -0.2) is 0 Å². The van der Waals surface area contributed by atoms with Gasteiger partial charge in [0.15, 0.2) is 17.2 Å². The molecule has 1 atom stereocenters. The fourth-order valence-corrected chi connectivity index (χ4v) is 2.91. The van der Waals surface area contributed by atoms with E-state index in [2.05, 4.69) is 20.0 Å². The van der Waals surface area contributed by atoms with Gasteiger partial charge in [-0.05, 0) is 32.0 Å². The zero-order valence-corrected chi connectivity index (χ0v) is 16.4. The van der Waals surface area contributed by atoms with E-state index in [1.165, 1.54) is 39.2 Å². The second-order valence-corrected chi connectivity index (χ2v) is 6.43. The Morgan fingerprint density at radius 3 is 2.43 bits per heavy atom. The maximum atomic E-state index is 13.0. The molecular formula is C17H14ClF5N4O3. The van der Waals surface area contributed by atoms with Crippen molar-refractivity contribution in [3.63, 3.8) is 0 Å². The third kappa shape index (κ3) is 4.18. The van der Waals surface area contributed by atoms with Gasteiger partial charge >= 0.3 is 12.8 Å². The molecule has 0 saturated heterocycles. The third-order valence-corrected chi connectivity index (χ3v) is 4.59. The lowest BCUT2D eigenvalue weighted by Gasteiger charge is -2.11. The number of benzene rings is 1. The quantitative estimate of drug-likeness (QED) is 0.482. The van der Waals surface area contributed by atoms with Gasteiger partial charge in [-0.2, -0.15) is 27.1 Å². The molecule has 7 nitrogen and oxygen atoms in total. The minimum Gasteiger partial charge on any atom is -0.493 e. The summed E-state index contributed by atoms with van der Waals surface area (Å²) < 4.78 is 79.9. The van der Waals surface area contributed by atoms with Gasteiger partial charge < -0.3 is 13.9 Å². The first-order valence-corrected chi connectivity index (χ1v) is 8.69. The fraction of sp³-hybridized carbons (Fsp3) is 0.353. The molecule has 1 unspecified atom stereocenters. The molecular weight excluding hydrogens is 439 g/mol. The van der Waals surface area contributed by atoms with Gasteiger partial charge in [-0.3, -0.25) is 4.68 Å². The number of methoxy groups -OCH3 is 1. The summed E-state index contributed by atoms with van der Waals surface area (Å²) in [5, 5.41) is 10.7. The highest BCUT2D eigenvalue weighted by Gasteiger charge is 2.39. The maximum absolute atomic E-state index is 13.0. The summed E-state index contributed by atoms with van der Waals surface area (Å²) in [6.07, 6.45) is -4.72. The highest BCUT2D eigenvalue weighted by Crippen LogP contribution is 2.37. The van der Waals surface area contributed by atoms with Crippen molar-refractivity contribution >= 4 is 11.6 Å². The predicted octanol–water partition coefficient (Wildman–Crippen LogP) is 5.13. The van der Waals surface area contributed by atoms with Gasteiger partial charge in [0.05, 0.1) is 17.8 Å². The maximum Gasteiger partial charge on any atom is 0.436 e. The first-order valence-electron chi connectivity index (χ1n) is 8.31. The Hall–Kier alpha value is -2.89. The molecule has 0 amide bonds. The van der Waals surface area contributed by atoms with Crippen molar-refractivity contribution in [1.29, 1.82) is 0 Å². The number of alkyl halides is 5. The minimum absolute atomic E-state index is 0.00474. The largest absolute Gasteiger partial charge is 0.493 e. The molecule has 3 aromatic rings. The minimum atomic E-state index is -4.72. The molecule has 0 spiro atoms. The van der Waals surface area contributed by atoms with Crippen LogP contribution in [0.1, 0.15) is 30.2 Å². The van der Waals surface area contributed by atoms with Crippen LogP contribution < -0.4 is 9.47 Å². The molecule has 0 aliphatic carbocycles. The van der Waals surface area contributed by atoms with Gasteiger partial charge in [0.25, 0.3) is 0 Å². The van der Waals surface area contributed by atoms with Gasteiger partial charge in [0.2, 0.25) is 11.8 Å². The summed E-state index contributed by atoms with van der Waals surface area (Å²) in [6.45, 7) is -0.148. The van der Waals surface area contributed by atoms with E-state index in [1.54, 1.807) is 0 Å². The van der Waals surface area contributed by atoms with Gasteiger partial charge in [-0.15, -0.1) is 10.2 Å². The van der Waals surface area contributed by atoms with Crippen LogP contribution in [0, 0.1) is 6.92 Å². The van der Waals surface area contributed by atoms with E-state index < -0.39 is 29.5 Å². The first-order chi connectivity index (χ1) is 14.0. The summed E-state index contributed by atoms with van der Waals surface area (Å²) in [7, 11) is 1.27. The number of halogens is 6. The lowest BCUT2D eigenvalue weighted by Crippen LogP contribution is -2.13. The average molecular weight is 453 g/mol. The molecule has 0 radical (unpaired) electrons. The molecule has 0 fully saturated rings. The molecule has 0 N–H and O–H groups in total. The highest BCUT2D eigenvalue weighted by molar-refractivity contribution is 6.31. The number of rotatable bonds is 6. The standard InChI is InChI=1S/C17H14ClF5N4O3/c1-7-12(18)13(17(21,22)23)26-27(7)8(2)14-24-25-15(30-14)9-4-5-10(29-16(19)20)11(6-9)28-3/h4-6,8,16H,1-3H3. The molecule has 0 aliphatic rings. The Morgan fingerprint density at radius 1 is 1.17 bits per heavy atom. The SMILES string of the molecule is COc1cc(-c2nnc(C(C)n3nc(C(F)(F)F)c(Cl)c3C)o2)ccc1OC(F)F. The number of aromatic nitrogens is 4. The topological polar surface area (TPSA) is 75.2 Å². The lowest BCUT2D eigenvalue weighted by molar-refractivity contribution is -0.141. The van der Waals surface area contributed by atoms with E-state index in [0.717, 1.165) is 4.68 Å². The molecule has 0 aliphatic heterocycles. The van der Waals surface area contributed by atoms with E-state index in [-0.39, 0.29) is 29.0 Å². The zero-order chi connectivity index (χ0) is 22.2. The van der Waals surface area contributed by atoms with Crippen LogP contribution in [0.2, 0.25) is 5.02 Å². The van der Waals surface area contributed by atoms with Gasteiger partial charge in [-0.1, -0.05) is 11.6 Å². The van der Waals surface area contributed by atoms with Crippen LogP contribution >= 0.6 is 11.6 Å². The Kier molecular flexibility index (Phi) is 5.88. The first kappa shape index (κ1) is 21.8. The smallest absolute Gasteiger partial charge is 0.436 e. The summed E-state index contributed by atoms with van der Waals surface area (Å²) in [6, 6.07) is 3.11. The normalized spacial score (nSPS) is 13.0. The molecule has 1 aromatic carbocycles. The van der Waals surface area contributed by atoms with E-state index in [9.17, 15) is 22.0 Å². The van der Waals surface area contributed by atoms with Crippen LogP contribution in [0.15, 0.2) is 22.6 Å². The Morgan fingerprint density at radius 2 is 1.87 bits per heavy atom. The fourth-order valence-electron chi connectivity index (χ4n) is 2.68. The average Bonchev–Trinajstić information content (AvgIpc) is 3.27. The van der Waals surface area contributed by atoms with Crippen LogP contribution in [-0.4, -0.2) is 33.7 Å². The van der Waals surface area contributed by atoms with Crippen molar-refractivity contribution in [2.45, 2.75) is 32.7 Å². The Labute approximate surface area is 171 Å². The highest BCUT2D eigenvalue weighted by atomic mass is 35.5. The monoisotopic (exact) mass is 452 g/mol. The molecule has 2 heterocycles. The zero-order valence-electron chi connectivity index (χ0n) is 15.7. The Bertz CT molecular complexity index is 1050. The van der Waals surface area contributed by atoms with Crippen molar-refractivity contribution in [2.75, 3.05) is 7.11 Å². The lowest BCUT2D eigenvalue weighted by atomic mass is 10.2. The second kappa shape index (κ2) is 8.09. The van der Waals surface area contributed by atoms with E-state index in [1.807, 2.05) is 0 Å². The molecule has 13 heteroatoms. The number of hydrogen-bond acceptors (Lipinski definition) is 6. The van der Waals surface area contributed by atoms with Crippen molar-refractivity contribution < 1.29 is 35.8 Å². The second-order valence-electron chi connectivity index (χ2n) is 6.06. The van der Waals surface area contributed by atoms with Crippen LogP contribution in [0.4, 0.5) is 22.0 Å². The predicted molar refractivity (Wildman–Crippen MR) is 93.7 cm³/mol. The van der Waals surface area contributed by atoms with Crippen molar-refractivity contribution in [3.8, 4) is 23.0 Å². The molecule has 2 aromatic heterocycles. The molecule has 0 saturated carbocycles. The van der Waals surface area contributed by atoms with Gasteiger partial charge in [0.1, 0.15) is 6.04 Å². The van der Waals surface area contributed by atoms with Crippen LogP contribution in [0.3, 0.4) is 0 Å². The van der Waals surface area contributed by atoms with Crippen molar-refractivity contribution in [3.05, 3.63) is 40.5 Å². The molecule has 162 valence electrons. The Balaban J connectivity index is 1.92. The van der Waals surface area contributed by atoms with E-state index in [4.69, 9.17) is 20.8 Å². The number of ether oxygens (including phenoxy) is 2. The van der Waals surface area contributed by atoms with E-state index in [0.29, 0.717) is 5.56 Å². The van der Waals surface area contributed by atoms with E-state index >= 15 is 0 Å². The number of nitrogens with zero attached hydrogens (tertiary/aromatic N) is 4. The van der Waals surface area contributed by atoms with Crippen molar-refractivity contribution in [1.82, 2.24) is 20.0 Å². The molecule has 3 rings (SSSR count). The number of hydrogen-bond donors (Lipinski definition) is 0. The van der Waals surface area contributed by atoms with Crippen LogP contribution in [0.5, 0.6) is 11.5 Å². The van der Waals surface area contributed by atoms with Crippen molar-refractivity contribution in [2.24, 2.45) is 0 Å². The molecule has 30 heavy (non-hydrogen) atoms. The summed E-state index contributed by atoms with van der Waals surface area (Å²) >= 11 is 5.77. The summed E-state index contributed by atoms with van der Waals surface area (Å²) in [4.78, 5) is 0. The third-order valence-electron chi connectivity index (χ3n) is 4.14. The van der Waals surface area contributed by atoms with Crippen LogP contribution in [0.25, 0.3) is 11.5 Å². The van der Waals surface area contributed by atoms with Crippen LogP contribution in [-0.2, 0) is 6.18 Å². The summed E-state index contributed by atoms with van der Waals surface area (Å²) in [5.74, 6) is -0.227.